The lowest BCUT2D eigenvalue weighted by atomic mass is 9.99. The number of carbonyl (C=O) groups excluding carboxylic acids is 1. The molecule has 1 N–H and O–H groups in total. The molecular weight excluding hydrogens is 310 g/mol. The highest BCUT2D eigenvalue weighted by Crippen LogP contribution is 2.19. The van der Waals surface area contributed by atoms with Gasteiger partial charge in [0, 0.05) is 16.1 Å². The van der Waals surface area contributed by atoms with Crippen LogP contribution < -0.4 is 10.1 Å². The molecule has 1 aliphatic heterocycles. The number of hydrogen-bond acceptors (Lipinski definition) is 3. The van der Waals surface area contributed by atoms with E-state index in [2.05, 4.69) is 5.32 Å². The standard InChI is InChI=1S/C19H20ClNO2/c20-17-5-1-15(2-6-17)19(22)16-3-7-18(8-4-16)23-13-14-9-11-21-12-10-14/h1-8,14,21H,9-13H2. The maximum atomic E-state index is 12.4. The summed E-state index contributed by atoms with van der Waals surface area (Å²) in [6.45, 7) is 2.89. The Balaban J connectivity index is 1.60. The van der Waals surface area contributed by atoms with Gasteiger partial charge in [0.05, 0.1) is 6.61 Å². The van der Waals surface area contributed by atoms with Crippen LogP contribution in [0.3, 0.4) is 0 Å². The first-order valence-electron chi connectivity index (χ1n) is 7.96. The van der Waals surface area contributed by atoms with Crippen LogP contribution in [-0.4, -0.2) is 25.5 Å². The largest absolute Gasteiger partial charge is 0.493 e. The van der Waals surface area contributed by atoms with Crippen LogP contribution in [0.5, 0.6) is 5.75 Å². The van der Waals surface area contributed by atoms with Crippen molar-refractivity contribution in [2.75, 3.05) is 19.7 Å². The Morgan fingerprint density at radius 3 is 2.17 bits per heavy atom. The lowest BCUT2D eigenvalue weighted by molar-refractivity contribution is 0.103. The van der Waals surface area contributed by atoms with Crippen LogP contribution in [0.1, 0.15) is 28.8 Å². The summed E-state index contributed by atoms with van der Waals surface area (Å²) in [5, 5.41) is 3.98. The smallest absolute Gasteiger partial charge is 0.193 e. The van der Waals surface area contributed by atoms with E-state index in [1.165, 1.54) is 0 Å². The molecule has 0 bridgehead atoms. The summed E-state index contributed by atoms with van der Waals surface area (Å²) < 4.78 is 5.85. The fraction of sp³-hybridized carbons (Fsp3) is 0.316. The van der Waals surface area contributed by atoms with Crippen LogP contribution in [0.4, 0.5) is 0 Å². The molecule has 0 spiro atoms. The van der Waals surface area contributed by atoms with Gasteiger partial charge in [-0.2, -0.15) is 0 Å². The Morgan fingerprint density at radius 1 is 1.00 bits per heavy atom. The molecule has 0 unspecified atom stereocenters. The summed E-state index contributed by atoms with van der Waals surface area (Å²) in [5.74, 6) is 1.43. The van der Waals surface area contributed by atoms with Crippen molar-refractivity contribution in [1.29, 1.82) is 0 Å². The number of carbonyl (C=O) groups is 1. The molecule has 1 heterocycles. The van der Waals surface area contributed by atoms with E-state index in [0.29, 0.717) is 22.1 Å². The average Bonchev–Trinajstić information content (AvgIpc) is 2.61. The molecule has 0 saturated carbocycles. The molecule has 23 heavy (non-hydrogen) atoms. The number of rotatable bonds is 5. The van der Waals surface area contributed by atoms with Crippen LogP contribution in [0.2, 0.25) is 5.02 Å². The Bertz CT molecular complexity index is 646. The number of benzene rings is 2. The van der Waals surface area contributed by atoms with Crippen LogP contribution in [0, 0.1) is 5.92 Å². The fourth-order valence-electron chi connectivity index (χ4n) is 2.73. The first kappa shape index (κ1) is 16.0. The van der Waals surface area contributed by atoms with Gasteiger partial charge in [0.25, 0.3) is 0 Å². The zero-order chi connectivity index (χ0) is 16.1. The summed E-state index contributed by atoms with van der Waals surface area (Å²) in [6.07, 6.45) is 2.32. The molecule has 2 aromatic carbocycles. The molecule has 0 radical (unpaired) electrons. The monoisotopic (exact) mass is 329 g/mol. The van der Waals surface area contributed by atoms with Crippen molar-refractivity contribution in [3.05, 3.63) is 64.7 Å². The zero-order valence-electron chi connectivity index (χ0n) is 12.9. The molecule has 1 aliphatic rings. The van der Waals surface area contributed by atoms with Crippen molar-refractivity contribution >= 4 is 17.4 Å². The highest BCUT2D eigenvalue weighted by molar-refractivity contribution is 6.30. The predicted molar refractivity (Wildman–Crippen MR) is 92.4 cm³/mol. The van der Waals surface area contributed by atoms with Crippen molar-refractivity contribution in [1.82, 2.24) is 5.32 Å². The molecular formula is C19H20ClNO2. The van der Waals surface area contributed by atoms with Gasteiger partial charge < -0.3 is 10.1 Å². The highest BCUT2D eigenvalue weighted by Gasteiger charge is 2.14. The second kappa shape index (κ2) is 7.62. The van der Waals surface area contributed by atoms with E-state index in [4.69, 9.17) is 16.3 Å². The van der Waals surface area contributed by atoms with Crippen molar-refractivity contribution < 1.29 is 9.53 Å². The fourth-order valence-corrected chi connectivity index (χ4v) is 2.86. The van der Waals surface area contributed by atoms with Gasteiger partial charge in [0.2, 0.25) is 0 Å². The van der Waals surface area contributed by atoms with Gasteiger partial charge in [-0.15, -0.1) is 0 Å². The van der Waals surface area contributed by atoms with Crippen LogP contribution >= 0.6 is 11.6 Å². The Labute approximate surface area is 141 Å². The number of nitrogens with one attached hydrogen (secondary N) is 1. The number of ketones is 1. The quantitative estimate of drug-likeness (QED) is 0.844. The molecule has 0 amide bonds. The van der Waals surface area contributed by atoms with Crippen LogP contribution in [-0.2, 0) is 0 Å². The van der Waals surface area contributed by atoms with Gasteiger partial charge in [0.1, 0.15) is 5.75 Å². The van der Waals surface area contributed by atoms with E-state index in [0.717, 1.165) is 38.3 Å². The van der Waals surface area contributed by atoms with Crippen molar-refractivity contribution in [2.45, 2.75) is 12.8 Å². The molecule has 0 aromatic heterocycles. The second-order valence-electron chi connectivity index (χ2n) is 5.86. The zero-order valence-corrected chi connectivity index (χ0v) is 13.7. The van der Waals surface area contributed by atoms with Gasteiger partial charge >= 0.3 is 0 Å². The van der Waals surface area contributed by atoms with Crippen molar-refractivity contribution in [3.63, 3.8) is 0 Å². The van der Waals surface area contributed by atoms with E-state index in [1.54, 1.807) is 24.3 Å². The number of halogens is 1. The summed E-state index contributed by atoms with van der Waals surface area (Å²) in [5.41, 5.74) is 1.29. The maximum absolute atomic E-state index is 12.4. The Kier molecular flexibility index (Phi) is 5.31. The SMILES string of the molecule is O=C(c1ccc(Cl)cc1)c1ccc(OCC2CCNCC2)cc1. The Hall–Kier alpha value is -1.84. The predicted octanol–water partition coefficient (Wildman–Crippen LogP) is 3.95. The topological polar surface area (TPSA) is 38.3 Å². The summed E-state index contributed by atoms with van der Waals surface area (Å²) in [6, 6.07) is 14.3. The van der Waals surface area contributed by atoms with Gasteiger partial charge in [-0.3, -0.25) is 4.79 Å². The van der Waals surface area contributed by atoms with Crippen LogP contribution in [0.15, 0.2) is 48.5 Å². The summed E-state index contributed by atoms with van der Waals surface area (Å²) in [7, 11) is 0. The van der Waals surface area contributed by atoms with E-state index in [-0.39, 0.29) is 5.78 Å². The third kappa shape index (κ3) is 4.34. The minimum absolute atomic E-state index is 0.00780. The second-order valence-corrected chi connectivity index (χ2v) is 6.30. The average molecular weight is 330 g/mol. The van der Waals surface area contributed by atoms with E-state index < -0.39 is 0 Å². The Morgan fingerprint density at radius 2 is 1.57 bits per heavy atom. The summed E-state index contributed by atoms with van der Waals surface area (Å²) >= 11 is 5.85. The van der Waals surface area contributed by atoms with Gasteiger partial charge in [0.15, 0.2) is 5.78 Å². The normalized spacial score (nSPS) is 15.3. The third-order valence-corrected chi connectivity index (χ3v) is 4.42. The third-order valence-electron chi connectivity index (χ3n) is 4.17. The lowest BCUT2D eigenvalue weighted by Gasteiger charge is -2.22. The summed E-state index contributed by atoms with van der Waals surface area (Å²) in [4.78, 5) is 12.4. The highest BCUT2D eigenvalue weighted by atomic mass is 35.5. The van der Waals surface area contributed by atoms with E-state index in [1.807, 2.05) is 24.3 Å². The minimum Gasteiger partial charge on any atom is -0.493 e. The minimum atomic E-state index is -0.00780. The molecule has 120 valence electrons. The molecule has 4 heteroatoms. The first-order valence-corrected chi connectivity index (χ1v) is 8.34. The molecule has 2 aromatic rings. The molecule has 0 atom stereocenters. The van der Waals surface area contributed by atoms with E-state index >= 15 is 0 Å². The van der Waals surface area contributed by atoms with Crippen molar-refractivity contribution in [3.8, 4) is 5.75 Å². The number of hydrogen-bond donors (Lipinski definition) is 1. The molecule has 3 rings (SSSR count). The molecule has 1 saturated heterocycles. The number of piperidine rings is 1. The maximum Gasteiger partial charge on any atom is 0.193 e. The first-order chi connectivity index (χ1) is 11.2. The van der Waals surface area contributed by atoms with E-state index in [9.17, 15) is 4.79 Å². The lowest BCUT2D eigenvalue weighted by Crippen LogP contribution is -2.30. The van der Waals surface area contributed by atoms with Gasteiger partial charge in [-0.25, -0.2) is 0 Å². The van der Waals surface area contributed by atoms with Gasteiger partial charge in [-0.1, -0.05) is 11.6 Å². The molecule has 0 aliphatic carbocycles. The van der Waals surface area contributed by atoms with Crippen molar-refractivity contribution in [2.24, 2.45) is 5.92 Å². The van der Waals surface area contributed by atoms with Crippen LogP contribution in [0.25, 0.3) is 0 Å². The molecule has 1 fully saturated rings. The van der Waals surface area contributed by atoms with Gasteiger partial charge in [-0.05, 0) is 80.4 Å². The molecule has 3 nitrogen and oxygen atoms in total. The number of ether oxygens (including phenoxy) is 1.